The van der Waals surface area contributed by atoms with Gasteiger partial charge in [0.15, 0.2) is 21.4 Å². The Morgan fingerprint density at radius 3 is 2.44 bits per heavy atom. The van der Waals surface area contributed by atoms with E-state index in [9.17, 15) is 21.2 Å². The second-order valence-electron chi connectivity index (χ2n) is 8.11. The van der Waals surface area contributed by atoms with Gasteiger partial charge >= 0.3 is 0 Å². The first-order valence-corrected chi connectivity index (χ1v) is 14.1. The third-order valence-electron chi connectivity index (χ3n) is 6.36. The molecule has 0 spiro atoms. The lowest BCUT2D eigenvalue weighted by Gasteiger charge is -2.50. The number of halogens is 3. The van der Waals surface area contributed by atoms with E-state index in [1.807, 2.05) is 0 Å². The molecular formula is C22H23ClF2O7S2. The molecule has 12 heteroatoms. The number of hydrogen-bond donors (Lipinski definition) is 0. The molecule has 2 aliphatic heterocycles. The van der Waals surface area contributed by atoms with Crippen molar-refractivity contribution in [2.24, 2.45) is 5.92 Å². The smallest absolute Gasteiger partial charge is 0.267 e. The van der Waals surface area contributed by atoms with Gasteiger partial charge in [0.2, 0.25) is 0 Å². The van der Waals surface area contributed by atoms with E-state index in [0.717, 1.165) is 12.1 Å². The van der Waals surface area contributed by atoms with Crippen LogP contribution >= 0.6 is 11.6 Å². The number of sulfone groups is 1. The molecule has 0 bridgehead atoms. The van der Waals surface area contributed by atoms with Crippen LogP contribution in [0.3, 0.4) is 0 Å². The van der Waals surface area contributed by atoms with E-state index in [0.29, 0.717) is 5.02 Å². The van der Waals surface area contributed by atoms with Gasteiger partial charge in [0.05, 0.1) is 35.5 Å². The molecule has 2 aliphatic rings. The maximum Gasteiger partial charge on any atom is 0.267 e. The first kappa shape index (κ1) is 25.3. The van der Waals surface area contributed by atoms with Crippen molar-refractivity contribution in [2.45, 2.75) is 35.5 Å². The van der Waals surface area contributed by atoms with Crippen LogP contribution in [0.25, 0.3) is 0 Å². The van der Waals surface area contributed by atoms with E-state index in [1.54, 1.807) is 0 Å². The first-order valence-electron chi connectivity index (χ1n) is 10.6. The largest absolute Gasteiger partial charge is 0.490 e. The molecule has 0 aromatic heterocycles. The second kappa shape index (κ2) is 9.34. The fourth-order valence-corrected chi connectivity index (χ4v) is 7.70. The Hall–Kier alpha value is -1.79. The van der Waals surface area contributed by atoms with Gasteiger partial charge in [0, 0.05) is 17.5 Å². The van der Waals surface area contributed by atoms with Crippen molar-refractivity contribution in [1.82, 2.24) is 0 Å². The van der Waals surface area contributed by atoms with Gasteiger partial charge in [0.1, 0.15) is 10.6 Å². The number of ether oxygens (including phenoxy) is 2. The average molecular weight is 537 g/mol. The van der Waals surface area contributed by atoms with Crippen LogP contribution in [0, 0.1) is 17.6 Å². The van der Waals surface area contributed by atoms with Crippen LogP contribution in [-0.4, -0.2) is 48.5 Å². The number of rotatable bonds is 7. The molecule has 186 valence electrons. The van der Waals surface area contributed by atoms with Crippen molar-refractivity contribution in [3.8, 4) is 5.75 Å². The number of fused-ring (bicyclic) bond motifs is 3. The van der Waals surface area contributed by atoms with Crippen molar-refractivity contribution in [3.05, 3.63) is 58.6 Å². The summed E-state index contributed by atoms with van der Waals surface area (Å²) in [6.07, 6.45) is -0.986. The minimum Gasteiger partial charge on any atom is -0.490 e. The van der Waals surface area contributed by atoms with Crippen molar-refractivity contribution in [2.75, 3.05) is 25.6 Å². The van der Waals surface area contributed by atoms with Crippen LogP contribution in [-0.2, 0) is 33.6 Å². The molecule has 2 aromatic carbocycles. The molecule has 34 heavy (non-hydrogen) atoms. The average Bonchev–Trinajstić information content (AvgIpc) is 2.81. The molecule has 2 aromatic rings. The zero-order valence-corrected chi connectivity index (χ0v) is 20.6. The predicted molar refractivity (Wildman–Crippen MR) is 120 cm³/mol. The zero-order chi connectivity index (χ0) is 24.7. The molecule has 7 nitrogen and oxygen atoms in total. The Morgan fingerprint density at radius 1 is 1.09 bits per heavy atom. The molecule has 0 unspecified atom stereocenters. The van der Waals surface area contributed by atoms with Crippen molar-refractivity contribution in [1.29, 1.82) is 0 Å². The summed E-state index contributed by atoms with van der Waals surface area (Å²) >= 11 is 5.93. The molecule has 1 saturated heterocycles. The summed E-state index contributed by atoms with van der Waals surface area (Å²) in [5.74, 6) is -3.42. The standard InChI is InChI=1S/C22H23ClF2O7S2/c1-2-33(26,27)32-11-9-19-16-13-31-21-18(25)8-7-17(24)20(21)22(16,10-12-30-19)34(28,29)15-5-3-14(23)4-6-15/h3-8,16,19H,2,9-13H2,1H3/t16-,19-,22-/m0/s1. The van der Waals surface area contributed by atoms with Crippen LogP contribution in [0.15, 0.2) is 41.3 Å². The molecule has 0 saturated carbocycles. The minimum atomic E-state index is -4.33. The van der Waals surface area contributed by atoms with E-state index < -0.39 is 54.1 Å². The summed E-state index contributed by atoms with van der Waals surface area (Å²) in [6.45, 7) is 0.821. The Bertz CT molecular complexity index is 1280. The van der Waals surface area contributed by atoms with Gasteiger partial charge in [-0.2, -0.15) is 8.42 Å². The highest BCUT2D eigenvalue weighted by molar-refractivity contribution is 7.92. The summed E-state index contributed by atoms with van der Waals surface area (Å²) in [6, 6.07) is 7.21. The Kier molecular flexibility index (Phi) is 6.96. The van der Waals surface area contributed by atoms with Gasteiger partial charge < -0.3 is 9.47 Å². The van der Waals surface area contributed by atoms with Crippen LogP contribution in [0.4, 0.5) is 8.78 Å². The molecule has 0 N–H and O–H groups in total. The molecule has 0 amide bonds. The normalized spacial score (nSPS) is 24.7. The Balaban J connectivity index is 1.85. The summed E-state index contributed by atoms with van der Waals surface area (Å²) in [4.78, 5) is -0.108. The van der Waals surface area contributed by atoms with Gasteiger partial charge in [0.25, 0.3) is 10.1 Å². The summed E-state index contributed by atoms with van der Waals surface area (Å²) < 4.78 is 96.0. The molecule has 4 rings (SSSR count). The third kappa shape index (κ3) is 4.21. The summed E-state index contributed by atoms with van der Waals surface area (Å²) in [7, 11) is -8.06. The zero-order valence-electron chi connectivity index (χ0n) is 18.2. The fourth-order valence-electron chi connectivity index (χ4n) is 4.71. The molecule has 1 fully saturated rings. The van der Waals surface area contributed by atoms with Crippen molar-refractivity contribution < 1.29 is 39.3 Å². The highest BCUT2D eigenvalue weighted by atomic mass is 35.5. The SMILES string of the molecule is CCS(=O)(=O)OCC[C@@H]1OCC[C@@]2(S(=O)(=O)c3ccc(Cl)cc3)c3c(F)ccc(F)c3OC[C@@H]12. The molecule has 0 aliphatic carbocycles. The topological polar surface area (TPSA) is 96.0 Å². The van der Waals surface area contributed by atoms with E-state index >= 15 is 4.39 Å². The molecule has 2 heterocycles. The maximum atomic E-state index is 15.3. The quantitative estimate of drug-likeness (QED) is 0.496. The summed E-state index contributed by atoms with van der Waals surface area (Å²) in [5.41, 5.74) is -0.380. The Morgan fingerprint density at radius 2 is 1.76 bits per heavy atom. The summed E-state index contributed by atoms with van der Waals surface area (Å²) in [5, 5.41) is 0.316. The van der Waals surface area contributed by atoms with Gasteiger partial charge in [-0.25, -0.2) is 17.2 Å². The van der Waals surface area contributed by atoms with Gasteiger partial charge in [-0.1, -0.05) is 11.6 Å². The van der Waals surface area contributed by atoms with E-state index in [1.165, 1.54) is 31.2 Å². The van der Waals surface area contributed by atoms with Gasteiger partial charge in [-0.3, -0.25) is 4.18 Å². The van der Waals surface area contributed by atoms with Crippen LogP contribution in [0.5, 0.6) is 5.75 Å². The lowest BCUT2D eigenvalue weighted by molar-refractivity contribution is -0.0793. The fraction of sp³-hybridized carbons (Fsp3) is 0.455. The molecule has 0 radical (unpaired) electrons. The number of benzene rings is 2. The van der Waals surface area contributed by atoms with Gasteiger partial charge in [-0.05, 0) is 56.2 Å². The van der Waals surface area contributed by atoms with Gasteiger partial charge in [-0.15, -0.1) is 0 Å². The van der Waals surface area contributed by atoms with Crippen molar-refractivity contribution >= 4 is 31.6 Å². The lowest BCUT2D eigenvalue weighted by Crippen LogP contribution is -2.57. The van der Waals surface area contributed by atoms with E-state index in [4.69, 9.17) is 25.3 Å². The lowest BCUT2D eigenvalue weighted by atomic mass is 9.75. The first-order chi connectivity index (χ1) is 16.0. The second-order valence-corrected chi connectivity index (χ2v) is 12.7. The van der Waals surface area contributed by atoms with Crippen LogP contribution < -0.4 is 4.74 Å². The Labute approximate surface area is 202 Å². The molecular weight excluding hydrogens is 514 g/mol. The highest BCUT2D eigenvalue weighted by Crippen LogP contribution is 2.55. The monoisotopic (exact) mass is 536 g/mol. The predicted octanol–water partition coefficient (Wildman–Crippen LogP) is 3.84. The maximum absolute atomic E-state index is 15.3. The van der Waals surface area contributed by atoms with Crippen LogP contribution in [0.1, 0.15) is 25.3 Å². The van der Waals surface area contributed by atoms with E-state index in [2.05, 4.69) is 0 Å². The third-order valence-corrected chi connectivity index (χ3v) is 10.4. The highest BCUT2D eigenvalue weighted by Gasteiger charge is 2.61. The van der Waals surface area contributed by atoms with Crippen molar-refractivity contribution in [3.63, 3.8) is 0 Å². The minimum absolute atomic E-state index is 0.0113. The van der Waals surface area contributed by atoms with E-state index in [-0.39, 0.29) is 48.9 Å². The number of hydrogen-bond acceptors (Lipinski definition) is 7. The molecule has 3 atom stereocenters. The van der Waals surface area contributed by atoms with Crippen LogP contribution in [0.2, 0.25) is 5.02 Å².